The lowest BCUT2D eigenvalue weighted by Crippen LogP contribution is -2.15. The van der Waals surface area contributed by atoms with Crippen molar-refractivity contribution in [3.8, 4) is 5.75 Å². The maximum atomic E-state index is 13.6. The van der Waals surface area contributed by atoms with Crippen LogP contribution in [0.5, 0.6) is 5.75 Å². The summed E-state index contributed by atoms with van der Waals surface area (Å²) in [7, 11) is 2.46. The van der Waals surface area contributed by atoms with Gasteiger partial charge in [0.15, 0.2) is 11.6 Å². The summed E-state index contributed by atoms with van der Waals surface area (Å²) in [5, 5.41) is 0. The van der Waals surface area contributed by atoms with Crippen molar-refractivity contribution in [3.63, 3.8) is 0 Å². The van der Waals surface area contributed by atoms with E-state index in [-0.39, 0.29) is 23.5 Å². The minimum absolute atomic E-state index is 0.000321. The zero-order valence-electron chi connectivity index (χ0n) is 11.4. The maximum absolute atomic E-state index is 13.6. The predicted molar refractivity (Wildman–Crippen MR) is 69.0 cm³/mol. The Balaban J connectivity index is 3.12. The molecule has 0 fully saturated rings. The van der Waals surface area contributed by atoms with Crippen molar-refractivity contribution in [1.29, 1.82) is 0 Å². The molecule has 0 radical (unpaired) electrons. The average molecular weight is 282 g/mol. The van der Waals surface area contributed by atoms with Crippen LogP contribution in [0.1, 0.15) is 17.3 Å². The van der Waals surface area contributed by atoms with Gasteiger partial charge >= 0.3 is 5.97 Å². The molecule has 1 rings (SSSR count). The number of hydrogen-bond donors (Lipinski definition) is 0. The quantitative estimate of drug-likeness (QED) is 0.200. The highest BCUT2D eigenvalue weighted by atomic mass is 19.1. The van der Waals surface area contributed by atoms with Crippen molar-refractivity contribution in [2.45, 2.75) is 6.92 Å². The Morgan fingerprint density at radius 1 is 1.30 bits per heavy atom. The zero-order chi connectivity index (χ0) is 15.1. The third-order valence-electron chi connectivity index (χ3n) is 2.43. The Bertz CT molecular complexity index is 536. The molecule has 0 amide bonds. The average Bonchev–Trinajstić information content (AvgIpc) is 2.46. The van der Waals surface area contributed by atoms with Gasteiger partial charge in [0.2, 0.25) is 5.78 Å². The highest BCUT2D eigenvalue weighted by molar-refractivity contribution is 6.24. The molecule has 0 heterocycles. The van der Waals surface area contributed by atoms with Crippen LogP contribution in [0.25, 0.3) is 0 Å². The van der Waals surface area contributed by atoms with Crippen LogP contribution in [0, 0.1) is 5.82 Å². The van der Waals surface area contributed by atoms with Crippen LogP contribution in [0.3, 0.4) is 0 Å². The normalized spacial score (nSPS) is 10.9. The molecular formula is C14H15FO5. The molecule has 1 aromatic carbocycles. The zero-order valence-corrected chi connectivity index (χ0v) is 11.4. The standard InChI is InChI=1S/C14H15FO5/c1-4-20-8-10(14(17)19-3)13(16)9-5-6-12(18-2)11(15)7-9/h5-8H,4H2,1-3H3/b10-8-. The number of ether oxygens (including phenoxy) is 3. The molecule has 0 aromatic heterocycles. The van der Waals surface area contributed by atoms with Crippen LogP contribution in [-0.2, 0) is 14.3 Å². The maximum Gasteiger partial charge on any atom is 0.345 e. The van der Waals surface area contributed by atoms with E-state index in [4.69, 9.17) is 9.47 Å². The van der Waals surface area contributed by atoms with E-state index in [1.165, 1.54) is 19.2 Å². The first kappa shape index (κ1) is 15.7. The van der Waals surface area contributed by atoms with Crippen molar-refractivity contribution >= 4 is 11.8 Å². The first-order chi connectivity index (χ1) is 9.54. The molecule has 0 aliphatic carbocycles. The van der Waals surface area contributed by atoms with Crippen molar-refractivity contribution in [3.05, 3.63) is 41.4 Å². The van der Waals surface area contributed by atoms with Crippen molar-refractivity contribution in [2.75, 3.05) is 20.8 Å². The number of hydrogen-bond acceptors (Lipinski definition) is 5. The second kappa shape index (κ2) is 7.28. The van der Waals surface area contributed by atoms with E-state index in [1.54, 1.807) is 6.92 Å². The van der Waals surface area contributed by atoms with Crippen LogP contribution in [0.15, 0.2) is 30.0 Å². The summed E-state index contributed by atoms with van der Waals surface area (Å²) in [6.45, 7) is 1.98. The molecular weight excluding hydrogens is 267 g/mol. The highest BCUT2D eigenvalue weighted by Gasteiger charge is 2.22. The number of rotatable bonds is 6. The summed E-state index contributed by atoms with van der Waals surface area (Å²) in [5.41, 5.74) is -0.307. The molecule has 0 aliphatic heterocycles. The van der Waals surface area contributed by atoms with Crippen LogP contribution >= 0.6 is 0 Å². The Morgan fingerprint density at radius 3 is 2.50 bits per heavy atom. The molecule has 0 spiro atoms. The Morgan fingerprint density at radius 2 is 2.00 bits per heavy atom. The second-order valence-corrected chi connectivity index (χ2v) is 3.66. The lowest BCUT2D eigenvalue weighted by Gasteiger charge is -2.07. The lowest BCUT2D eigenvalue weighted by atomic mass is 10.0. The van der Waals surface area contributed by atoms with E-state index in [9.17, 15) is 14.0 Å². The number of carbonyl (C=O) groups excluding carboxylic acids is 2. The summed E-state index contributed by atoms with van der Waals surface area (Å²) in [6, 6.07) is 3.65. The number of methoxy groups -OCH3 is 2. The Hall–Kier alpha value is -2.37. The molecule has 6 heteroatoms. The van der Waals surface area contributed by atoms with Gasteiger partial charge in [-0.25, -0.2) is 9.18 Å². The van der Waals surface area contributed by atoms with E-state index >= 15 is 0 Å². The molecule has 0 unspecified atom stereocenters. The minimum atomic E-state index is -0.848. The Kier molecular flexibility index (Phi) is 5.71. The summed E-state index contributed by atoms with van der Waals surface area (Å²) >= 11 is 0. The topological polar surface area (TPSA) is 61.8 Å². The molecule has 0 N–H and O–H groups in total. The van der Waals surface area contributed by atoms with Gasteiger partial charge in [-0.1, -0.05) is 0 Å². The van der Waals surface area contributed by atoms with Gasteiger partial charge in [0.1, 0.15) is 11.8 Å². The second-order valence-electron chi connectivity index (χ2n) is 3.66. The molecule has 0 aliphatic rings. The number of Topliss-reactive ketones (excluding diaryl/α,β-unsaturated/α-hetero) is 1. The van der Waals surface area contributed by atoms with Crippen molar-refractivity contribution in [2.24, 2.45) is 0 Å². The number of carbonyl (C=O) groups is 2. The smallest absolute Gasteiger partial charge is 0.345 e. The van der Waals surface area contributed by atoms with Crippen LogP contribution in [-0.4, -0.2) is 32.6 Å². The highest BCUT2D eigenvalue weighted by Crippen LogP contribution is 2.20. The fourth-order valence-electron chi connectivity index (χ4n) is 1.43. The molecule has 5 nitrogen and oxygen atoms in total. The number of ketones is 1. The molecule has 0 bridgehead atoms. The van der Waals surface area contributed by atoms with Crippen LogP contribution in [0.2, 0.25) is 0 Å². The fourth-order valence-corrected chi connectivity index (χ4v) is 1.43. The SMILES string of the molecule is CCO/C=C(\C(=O)OC)C(=O)c1ccc(OC)c(F)c1. The van der Waals surface area contributed by atoms with Gasteiger partial charge in [-0.05, 0) is 25.1 Å². The fraction of sp³-hybridized carbons (Fsp3) is 0.286. The van der Waals surface area contributed by atoms with Gasteiger partial charge in [-0.2, -0.15) is 0 Å². The van der Waals surface area contributed by atoms with E-state index in [0.29, 0.717) is 0 Å². The van der Waals surface area contributed by atoms with Gasteiger partial charge in [-0.3, -0.25) is 4.79 Å². The molecule has 108 valence electrons. The summed E-state index contributed by atoms with van der Waals surface area (Å²) in [5.74, 6) is -2.22. The third-order valence-corrected chi connectivity index (χ3v) is 2.43. The number of halogens is 1. The molecule has 0 atom stereocenters. The van der Waals surface area contributed by atoms with E-state index in [0.717, 1.165) is 19.4 Å². The lowest BCUT2D eigenvalue weighted by molar-refractivity contribution is -0.135. The number of esters is 1. The third kappa shape index (κ3) is 3.57. The first-order valence-electron chi connectivity index (χ1n) is 5.83. The first-order valence-corrected chi connectivity index (χ1v) is 5.83. The van der Waals surface area contributed by atoms with Crippen molar-refractivity contribution in [1.82, 2.24) is 0 Å². The summed E-state index contributed by atoms with van der Waals surface area (Å²) in [6.07, 6.45) is 1.01. The van der Waals surface area contributed by atoms with Gasteiger partial charge in [-0.15, -0.1) is 0 Å². The van der Waals surface area contributed by atoms with Crippen molar-refractivity contribution < 1.29 is 28.2 Å². The molecule has 1 aromatic rings. The largest absolute Gasteiger partial charge is 0.500 e. The Labute approximate surface area is 115 Å². The molecule has 0 saturated heterocycles. The van der Waals surface area contributed by atoms with Gasteiger partial charge in [0.05, 0.1) is 20.8 Å². The van der Waals surface area contributed by atoms with Gasteiger partial charge in [0.25, 0.3) is 0 Å². The van der Waals surface area contributed by atoms with Crippen LogP contribution in [0.4, 0.5) is 4.39 Å². The summed E-state index contributed by atoms with van der Waals surface area (Å²) < 4.78 is 27.8. The van der Waals surface area contributed by atoms with E-state index in [2.05, 4.69) is 4.74 Å². The van der Waals surface area contributed by atoms with Crippen LogP contribution < -0.4 is 4.74 Å². The van der Waals surface area contributed by atoms with Gasteiger partial charge in [0, 0.05) is 5.56 Å². The van der Waals surface area contributed by atoms with Gasteiger partial charge < -0.3 is 14.2 Å². The predicted octanol–water partition coefficient (Wildman–Crippen LogP) is 2.11. The molecule has 0 saturated carbocycles. The van der Waals surface area contributed by atoms with E-state index < -0.39 is 17.6 Å². The summed E-state index contributed by atoms with van der Waals surface area (Å²) in [4.78, 5) is 23.7. The monoisotopic (exact) mass is 282 g/mol. The minimum Gasteiger partial charge on any atom is -0.500 e. The molecule has 20 heavy (non-hydrogen) atoms. The number of benzene rings is 1. The van der Waals surface area contributed by atoms with E-state index in [1.807, 2.05) is 0 Å².